The van der Waals surface area contributed by atoms with Gasteiger partial charge in [0.25, 0.3) is 0 Å². The van der Waals surface area contributed by atoms with Crippen LogP contribution < -0.4 is 14.8 Å². The van der Waals surface area contributed by atoms with Gasteiger partial charge in [0.15, 0.2) is 11.0 Å². The summed E-state index contributed by atoms with van der Waals surface area (Å²) in [6, 6.07) is 23.0. The van der Waals surface area contributed by atoms with E-state index in [9.17, 15) is 4.79 Å². The van der Waals surface area contributed by atoms with E-state index in [0.717, 1.165) is 32.9 Å². The van der Waals surface area contributed by atoms with Gasteiger partial charge in [-0.05, 0) is 74.5 Å². The Kier molecular flexibility index (Phi) is 8.44. The number of ether oxygens (including phenoxy) is 2. The first kappa shape index (κ1) is 24.8. The van der Waals surface area contributed by atoms with Crippen molar-refractivity contribution in [1.82, 2.24) is 14.8 Å². The summed E-state index contributed by atoms with van der Waals surface area (Å²) in [4.78, 5) is 12.5. The van der Waals surface area contributed by atoms with E-state index in [1.165, 1.54) is 11.8 Å². The second kappa shape index (κ2) is 11.9. The van der Waals surface area contributed by atoms with Gasteiger partial charge in [-0.1, -0.05) is 45.4 Å². The standard InChI is InChI=1S/C26H25BrN4O3S/c1-3-33-22-14-10-21(11-15-22)31-24(16-34-23-12-6-19(27)7-13-23)29-30-26(31)35-17-25(32)28-20-8-4-18(2)5-9-20/h4-15H,3,16-17H2,1-2H3,(H,28,32). The molecule has 1 amide bonds. The highest BCUT2D eigenvalue weighted by Gasteiger charge is 2.17. The van der Waals surface area contributed by atoms with Gasteiger partial charge in [0.05, 0.1) is 12.4 Å². The van der Waals surface area contributed by atoms with Crippen molar-refractivity contribution < 1.29 is 14.3 Å². The molecule has 0 spiro atoms. The normalized spacial score (nSPS) is 10.7. The van der Waals surface area contributed by atoms with Gasteiger partial charge in [0.1, 0.15) is 18.1 Å². The molecule has 3 aromatic carbocycles. The molecule has 0 saturated carbocycles. The van der Waals surface area contributed by atoms with Crippen LogP contribution in [0.1, 0.15) is 18.3 Å². The van der Waals surface area contributed by atoms with E-state index in [1.54, 1.807) is 0 Å². The molecule has 0 radical (unpaired) electrons. The fourth-order valence-corrected chi connectivity index (χ4v) is 4.28. The molecule has 0 atom stereocenters. The predicted molar refractivity (Wildman–Crippen MR) is 142 cm³/mol. The number of anilines is 1. The molecule has 35 heavy (non-hydrogen) atoms. The Morgan fingerprint density at radius 1 is 0.943 bits per heavy atom. The number of aromatic nitrogens is 3. The lowest BCUT2D eigenvalue weighted by molar-refractivity contribution is -0.113. The summed E-state index contributed by atoms with van der Waals surface area (Å²) in [5.74, 6) is 2.20. The highest BCUT2D eigenvalue weighted by molar-refractivity contribution is 9.10. The third kappa shape index (κ3) is 6.86. The van der Waals surface area contributed by atoms with Crippen molar-refractivity contribution in [1.29, 1.82) is 0 Å². The number of amides is 1. The van der Waals surface area contributed by atoms with Crippen LogP contribution in [0.3, 0.4) is 0 Å². The highest BCUT2D eigenvalue weighted by Crippen LogP contribution is 2.25. The Labute approximate surface area is 217 Å². The van der Waals surface area contributed by atoms with Crippen molar-refractivity contribution in [3.8, 4) is 17.2 Å². The van der Waals surface area contributed by atoms with E-state index >= 15 is 0 Å². The first-order chi connectivity index (χ1) is 17.0. The Hall–Kier alpha value is -3.30. The van der Waals surface area contributed by atoms with Crippen LogP contribution >= 0.6 is 27.7 Å². The Morgan fingerprint density at radius 3 is 2.29 bits per heavy atom. The molecule has 7 nitrogen and oxygen atoms in total. The minimum Gasteiger partial charge on any atom is -0.494 e. The molecular formula is C26H25BrN4O3S. The van der Waals surface area contributed by atoms with Crippen LogP contribution in [0, 0.1) is 6.92 Å². The fourth-order valence-electron chi connectivity index (χ4n) is 3.25. The van der Waals surface area contributed by atoms with E-state index in [4.69, 9.17) is 9.47 Å². The Bertz CT molecular complexity index is 1260. The number of carbonyl (C=O) groups excluding carboxylic acids is 1. The van der Waals surface area contributed by atoms with Crippen LogP contribution in [0.15, 0.2) is 82.4 Å². The van der Waals surface area contributed by atoms with Crippen molar-refractivity contribution in [2.24, 2.45) is 0 Å². The summed E-state index contributed by atoms with van der Waals surface area (Å²) in [5.41, 5.74) is 2.76. The summed E-state index contributed by atoms with van der Waals surface area (Å²) < 4.78 is 14.4. The second-order valence-electron chi connectivity index (χ2n) is 7.61. The lowest BCUT2D eigenvalue weighted by Gasteiger charge is -2.12. The topological polar surface area (TPSA) is 78.3 Å². The molecule has 0 aliphatic carbocycles. The Morgan fingerprint density at radius 2 is 1.60 bits per heavy atom. The molecule has 0 fully saturated rings. The van der Waals surface area contributed by atoms with E-state index in [1.807, 2.05) is 91.2 Å². The Balaban J connectivity index is 1.51. The summed E-state index contributed by atoms with van der Waals surface area (Å²) in [5, 5.41) is 12.2. The lowest BCUT2D eigenvalue weighted by Crippen LogP contribution is -2.14. The van der Waals surface area contributed by atoms with E-state index in [0.29, 0.717) is 17.6 Å². The molecule has 180 valence electrons. The fraction of sp³-hybridized carbons (Fsp3) is 0.192. The molecule has 0 saturated heterocycles. The molecule has 0 aliphatic rings. The van der Waals surface area contributed by atoms with Gasteiger partial charge in [-0.25, -0.2) is 0 Å². The first-order valence-corrected chi connectivity index (χ1v) is 12.8. The summed E-state index contributed by atoms with van der Waals surface area (Å²) >= 11 is 4.74. The minimum atomic E-state index is -0.118. The number of nitrogens with one attached hydrogen (secondary N) is 1. The van der Waals surface area contributed by atoms with Gasteiger partial charge in [-0.2, -0.15) is 0 Å². The quantitative estimate of drug-likeness (QED) is 0.241. The number of halogens is 1. The van der Waals surface area contributed by atoms with Gasteiger partial charge >= 0.3 is 0 Å². The molecule has 4 rings (SSSR count). The maximum Gasteiger partial charge on any atom is 0.234 e. The number of thioether (sulfide) groups is 1. The average Bonchev–Trinajstić information content (AvgIpc) is 3.27. The zero-order valence-electron chi connectivity index (χ0n) is 19.4. The molecule has 1 N–H and O–H groups in total. The van der Waals surface area contributed by atoms with Crippen molar-refractivity contribution in [3.63, 3.8) is 0 Å². The number of hydrogen-bond acceptors (Lipinski definition) is 6. The van der Waals surface area contributed by atoms with Crippen LogP contribution in [-0.2, 0) is 11.4 Å². The van der Waals surface area contributed by atoms with Gasteiger partial charge in [0.2, 0.25) is 5.91 Å². The molecule has 9 heteroatoms. The van der Waals surface area contributed by atoms with Gasteiger partial charge in [-0.15, -0.1) is 10.2 Å². The zero-order chi connectivity index (χ0) is 24.6. The van der Waals surface area contributed by atoms with Crippen molar-refractivity contribution in [2.75, 3.05) is 17.7 Å². The first-order valence-electron chi connectivity index (χ1n) is 11.1. The van der Waals surface area contributed by atoms with Crippen molar-refractivity contribution in [2.45, 2.75) is 25.6 Å². The number of aryl methyl sites for hydroxylation is 1. The highest BCUT2D eigenvalue weighted by atomic mass is 79.9. The largest absolute Gasteiger partial charge is 0.494 e. The molecular weight excluding hydrogens is 528 g/mol. The number of benzene rings is 3. The molecule has 4 aromatic rings. The summed E-state index contributed by atoms with van der Waals surface area (Å²) in [7, 11) is 0. The zero-order valence-corrected chi connectivity index (χ0v) is 21.8. The predicted octanol–water partition coefficient (Wildman–Crippen LogP) is 6.05. The average molecular weight is 553 g/mol. The number of rotatable bonds is 10. The van der Waals surface area contributed by atoms with Crippen LogP contribution in [0.2, 0.25) is 0 Å². The van der Waals surface area contributed by atoms with Gasteiger partial charge < -0.3 is 14.8 Å². The molecule has 0 unspecified atom stereocenters. The number of nitrogens with zero attached hydrogens (tertiary/aromatic N) is 3. The lowest BCUT2D eigenvalue weighted by atomic mass is 10.2. The van der Waals surface area contributed by atoms with Crippen LogP contribution in [0.25, 0.3) is 5.69 Å². The summed E-state index contributed by atoms with van der Waals surface area (Å²) in [6.07, 6.45) is 0. The van der Waals surface area contributed by atoms with E-state index in [2.05, 4.69) is 31.4 Å². The van der Waals surface area contributed by atoms with E-state index < -0.39 is 0 Å². The monoisotopic (exact) mass is 552 g/mol. The second-order valence-corrected chi connectivity index (χ2v) is 9.46. The maximum absolute atomic E-state index is 12.5. The van der Waals surface area contributed by atoms with Gasteiger partial charge in [-0.3, -0.25) is 9.36 Å². The smallest absolute Gasteiger partial charge is 0.234 e. The molecule has 0 aliphatic heterocycles. The summed E-state index contributed by atoms with van der Waals surface area (Å²) in [6.45, 7) is 4.77. The number of carbonyl (C=O) groups is 1. The van der Waals surface area contributed by atoms with Crippen LogP contribution in [-0.4, -0.2) is 33.0 Å². The van der Waals surface area contributed by atoms with E-state index in [-0.39, 0.29) is 18.3 Å². The van der Waals surface area contributed by atoms with Crippen LogP contribution in [0.5, 0.6) is 11.5 Å². The molecule has 1 heterocycles. The third-order valence-electron chi connectivity index (χ3n) is 4.96. The SMILES string of the molecule is CCOc1ccc(-n2c(COc3ccc(Br)cc3)nnc2SCC(=O)Nc2ccc(C)cc2)cc1. The molecule has 1 aromatic heterocycles. The van der Waals surface area contributed by atoms with Crippen molar-refractivity contribution >= 4 is 39.3 Å². The maximum atomic E-state index is 12.5. The van der Waals surface area contributed by atoms with Crippen molar-refractivity contribution in [3.05, 3.63) is 88.7 Å². The number of hydrogen-bond donors (Lipinski definition) is 1. The van der Waals surface area contributed by atoms with Gasteiger partial charge in [0, 0.05) is 15.8 Å². The minimum absolute atomic E-state index is 0.118. The third-order valence-corrected chi connectivity index (χ3v) is 6.41. The van der Waals surface area contributed by atoms with Crippen LogP contribution in [0.4, 0.5) is 5.69 Å². The molecule has 0 bridgehead atoms.